The summed E-state index contributed by atoms with van der Waals surface area (Å²) < 4.78 is 24.1. The van der Waals surface area contributed by atoms with E-state index < -0.39 is 0 Å². The SMILES string of the molecule is COc1cc(Br)cc(C=Nc2ccc(F)cc2)c1O.COc1cc(Br)cc(C=O)c1O. The van der Waals surface area contributed by atoms with Crippen LogP contribution < -0.4 is 9.47 Å². The van der Waals surface area contributed by atoms with Crippen LogP contribution in [0.4, 0.5) is 10.1 Å². The highest BCUT2D eigenvalue weighted by Gasteiger charge is 2.09. The molecule has 0 aliphatic heterocycles. The third-order valence-electron chi connectivity index (χ3n) is 3.88. The molecule has 0 unspecified atom stereocenters. The number of carbonyl (C=O) groups excluding carboxylic acids is 1. The first-order valence-electron chi connectivity index (χ1n) is 8.66. The molecule has 0 saturated carbocycles. The standard InChI is InChI=1S/C14H11BrFNO2.C8H7BrO3/c1-19-13-7-10(15)6-9(14(13)18)8-17-12-4-2-11(16)3-5-12;1-12-7-3-6(9)2-5(4-10)8(7)11/h2-8,18H,1H3;2-4,11H,1H3. The predicted octanol–water partition coefficient (Wildman–Crippen LogP) is 6.03. The van der Waals surface area contributed by atoms with Gasteiger partial charge in [-0.3, -0.25) is 9.79 Å². The first-order chi connectivity index (χ1) is 14.8. The summed E-state index contributed by atoms with van der Waals surface area (Å²) in [5.41, 5.74) is 1.32. The number of phenolic OH excluding ortho intramolecular Hbond substituents is 2. The number of aromatic hydroxyl groups is 2. The molecular formula is C22H18Br2FNO5. The molecule has 3 rings (SSSR count). The fourth-order valence-electron chi connectivity index (χ4n) is 2.36. The third-order valence-corrected chi connectivity index (χ3v) is 4.80. The number of ether oxygens (including phenoxy) is 2. The Kier molecular flexibility index (Phi) is 9.02. The van der Waals surface area contributed by atoms with Crippen LogP contribution in [0.3, 0.4) is 0 Å². The molecule has 9 heteroatoms. The van der Waals surface area contributed by atoms with Gasteiger partial charge in [-0.25, -0.2) is 4.39 Å². The predicted molar refractivity (Wildman–Crippen MR) is 124 cm³/mol. The molecule has 3 aromatic rings. The van der Waals surface area contributed by atoms with E-state index in [2.05, 4.69) is 36.9 Å². The normalized spacial score (nSPS) is 10.4. The second-order valence-corrected chi connectivity index (χ2v) is 7.78. The number of nitrogens with zero attached hydrogens (tertiary/aromatic N) is 1. The lowest BCUT2D eigenvalue weighted by Gasteiger charge is -2.06. The van der Waals surface area contributed by atoms with E-state index >= 15 is 0 Å². The van der Waals surface area contributed by atoms with Gasteiger partial charge in [0, 0.05) is 20.7 Å². The summed E-state index contributed by atoms with van der Waals surface area (Å²) in [4.78, 5) is 14.6. The van der Waals surface area contributed by atoms with E-state index in [1.165, 1.54) is 38.6 Å². The van der Waals surface area contributed by atoms with Gasteiger partial charge in [0.1, 0.15) is 5.82 Å². The van der Waals surface area contributed by atoms with Gasteiger partial charge in [0.05, 0.1) is 25.5 Å². The maximum Gasteiger partial charge on any atom is 0.168 e. The van der Waals surface area contributed by atoms with E-state index in [4.69, 9.17) is 9.47 Å². The molecule has 0 fully saturated rings. The van der Waals surface area contributed by atoms with Crippen LogP contribution in [0.5, 0.6) is 23.0 Å². The molecule has 0 aromatic heterocycles. The number of halogens is 3. The van der Waals surface area contributed by atoms with Gasteiger partial charge < -0.3 is 19.7 Å². The Morgan fingerprint density at radius 3 is 1.84 bits per heavy atom. The molecule has 3 aromatic carbocycles. The molecular weight excluding hydrogens is 537 g/mol. The number of methoxy groups -OCH3 is 2. The second kappa shape index (κ2) is 11.5. The van der Waals surface area contributed by atoms with Gasteiger partial charge in [0.2, 0.25) is 0 Å². The molecule has 0 radical (unpaired) electrons. The minimum atomic E-state index is -0.314. The first-order valence-corrected chi connectivity index (χ1v) is 10.3. The minimum Gasteiger partial charge on any atom is -0.504 e. The molecule has 0 heterocycles. The lowest BCUT2D eigenvalue weighted by molar-refractivity contribution is 0.112. The fourth-order valence-corrected chi connectivity index (χ4v) is 3.27. The van der Waals surface area contributed by atoms with Gasteiger partial charge in [-0.1, -0.05) is 31.9 Å². The van der Waals surface area contributed by atoms with Gasteiger partial charge in [-0.2, -0.15) is 0 Å². The number of hydrogen-bond acceptors (Lipinski definition) is 6. The third kappa shape index (κ3) is 6.80. The lowest BCUT2D eigenvalue weighted by Crippen LogP contribution is -1.89. The van der Waals surface area contributed by atoms with E-state index in [0.717, 1.165) is 4.47 Å². The second-order valence-electron chi connectivity index (χ2n) is 5.94. The zero-order valence-corrected chi connectivity index (χ0v) is 19.6. The lowest BCUT2D eigenvalue weighted by atomic mass is 10.2. The molecule has 0 atom stereocenters. The van der Waals surface area contributed by atoms with E-state index in [-0.39, 0.29) is 28.6 Å². The highest BCUT2D eigenvalue weighted by Crippen LogP contribution is 2.33. The maximum absolute atomic E-state index is 12.8. The molecule has 2 N–H and O–H groups in total. The van der Waals surface area contributed by atoms with Crippen molar-refractivity contribution in [1.29, 1.82) is 0 Å². The summed E-state index contributed by atoms with van der Waals surface area (Å²) in [6.45, 7) is 0. The van der Waals surface area contributed by atoms with Crippen molar-refractivity contribution < 1.29 is 28.9 Å². The van der Waals surface area contributed by atoms with Crippen LogP contribution in [0.1, 0.15) is 15.9 Å². The van der Waals surface area contributed by atoms with Crippen molar-refractivity contribution in [2.24, 2.45) is 4.99 Å². The zero-order valence-electron chi connectivity index (χ0n) is 16.5. The molecule has 31 heavy (non-hydrogen) atoms. The number of aliphatic imine (C=N–C) groups is 1. The Bertz CT molecular complexity index is 1090. The Hall–Kier alpha value is -2.91. The quantitative estimate of drug-likeness (QED) is 0.297. The minimum absolute atomic E-state index is 0.0107. The number of rotatable bonds is 5. The van der Waals surface area contributed by atoms with Crippen LogP contribution in [0.25, 0.3) is 0 Å². The van der Waals surface area contributed by atoms with E-state index in [1.807, 2.05) is 0 Å². The average Bonchev–Trinajstić information content (AvgIpc) is 2.76. The number of carbonyl (C=O) groups is 1. The van der Waals surface area contributed by atoms with Crippen LogP contribution in [-0.4, -0.2) is 36.9 Å². The van der Waals surface area contributed by atoms with Crippen molar-refractivity contribution >= 4 is 50.0 Å². The van der Waals surface area contributed by atoms with Crippen molar-refractivity contribution in [3.8, 4) is 23.0 Å². The fraction of sp³-hybridized carbons (Fsp3) is 0.0909. The molecule has 0 amide bonds. The Balaban J connectivity index is 0.000000245. The van der Waals surface area contributed by atoms with E-state index in [9.17, 15) is 19.4 Å². The van der Waals surface area contributed by atoms with Crippen LogP contribution in [0, 0.1) is 5.82 Å². The molecule has 0 aliphatic carbocycles. The molecule has 0 spiro atoms. The molecule has 162 valence electrons. The van der Waals surface area contributed by atoms with Crippen LogP contribution in [0.2, 0.25) is 0 Å². The van der Waals surface area contributed by atoms with E-state index in [0.29, 0.717) is 27.8 Å². The van der Waals surface area contributed by atoms with Crippen molar-refractivity contribution in [3.05, 3.63) is 74.4 Å². The van der Waals surface area contributed by atoms with Gasteiger partial charge >= 0.3 is 0 Å². The summed E-state index contributed by atoms with van der Waals surface area (Å²) in [5.74, 6) is 0.208. The van der Waals surface area contributed by atoms with Gasteiger partial charge in [0.15, 0.2) is 29.3 Å². The maximum atomic E-state index is 12.8. The largest absolute Gasteiger partial charge is 0.504 e. The van der Waals surface area contributed by atoms with Crippen molar-refractivity contribution in [2.45, 2.75) is 0 Å². The Morgan fingerprint density at radius 2 is 1.35 bits per heavy atom. The van der Waals surface area contributed by atoms with Crippen LogP contribution in [0.15, 0.2) is 62.5 Å². The summed E-state index contributed by atoms with van der Waals surface area (Å²) in [6, 6.07) is 12.2. The summed E-state index contributed by atoms with van der Waals surface area (Å²) in [6.07, 6.45) is 2.07. The van der Waals surface area contributed by atoms with Gasteiger partial charge in [0.25, 0.3) is 0 Å². The number of aldehydes is 1. The molecule has 6 nitrogen and oxygen atoms in total. The number of phenols is 2. The Morgan fingerprint density at radius 1 is 0.871 bits per heavy atom. The first kappa shape index (κ1) is 24.4. The average molecular weight is 555 g/mol. The van der Waals surface area contributed by atoms with Gasteiger partial charge in [-0.05, 0) is 48.5 Å². The monoisotopic (exact) mass is 553 g/mol. The summed E-state index contributed by atoms with van der Waals surface area (Å²) in [7, 11) is 2.90. The topological polar surface area (TPSA) is 88.4 Å². The van der Waals surface area contributed by atoms with Crippen molar-refractivity contribution in [3.63, 3.8) is 0 Å². The van der Waals surface area contributed by atoms with Crippen LogP contribution in [-0.2, 0) is 0 Å². The van der Waals surface area contributed by atoms with E-state index in [1.54, 1.807) is 30.3 Å². The van der Waals surface area contributed by atoms with Crippen molar-refractivity contribution in [2.75, 3.05) is 14.2 Å². The number of benzene rings is 3. The summed E-state index contributed by atoms with van der Waals surface area (Å²) >= 11 is 6.50. The highest BCUT2D eigenvalue weighted by atomic mass is 79.9. The molecule has 0 saturated heterocycles. The Labute approximate surface area is 195 Å². The van der Waals surface area contributed by atoms with Gasteiger partial charge in [-0.15, -0.1) is 0 Å². The van der Waals surface area contributed by atoms with Crippen LogP contribution >= 0.6 is 31.9 Å². The smallest absolute Gasteiger partial charge is 0.168 e. The molecule has 0 bridgehead atoms. The van der Waals surface area contributed by atoms with Crippen molar-refractivity contribution in [1.82, 2.24) is 0 Å². The summed E-state index contributed by atoms with van der Waals surface area (Å²) in [5, 5.41) is 19.3. The molecule has 0 aliphatic rings. The zero-order chi connectivity index (χ0) is 23.0. The number of hydrogen-bond donors (Lipinski definition) is 2. The highest BCUT2D eigenvalue weighted by molar-refractivity contribution is 9.10.